The number of aromatic nitrogens is 7. The number of benzene rings is 9. The van der Waals surface area contributed by atoms with Crippen molar-refractivity contribution >= 4 is 96.9 Å². The summed E-state index contributed by atoms with van der Waals surface area (Å²) in [5, 5.41) is 9.94. The molecule has 0 saturated heterocycles. The third-order valence-electron chi connectivity index (χ3n) is 14.0. The number of rotatable bonds is 6. The molecule has 0 radical (unpaired) electrons. The zero-order chi connectivity index (χ0) is 45.9. The first-order valence-corrected chi connectivity index (χ1v) is 24.3. The van der Waals surface area contributed by atoms with E-state index in [0.717, 1.165) is 56.0 Å². The van der Waals surface area contributed by atoms with Gasteiger partial charge in [-0.05, 0) is 108 Å². The van der Waals surface area contributed by atoms with Gasteiger partial charge in [0.25, 0.3) is 0 Å². The Morgan fingerprint density at radius 1 is 0.314 bits per heavy atom. The predicted molar refractivity (Wildman–Crippen MR) is 290 cm³/mol. The first kappa shape index (κ1) is 38.8. The van der Waals surface area contributed by atoms with Gasteiger partial charge in [-0.25, -0.2) is 19.9 Å². The van der Waals surface area contributed by atoms with Crippen LogP contribution in [0.3, 0.4) is 0 Å². The molecular weight excluding hydrogens is 875 g/mol. The molecule has 9 aromatic carbocycles. The minimum Gasteiger partial charge on any atom is -0.309 e. The largest absolute Gasteiger partial charge is 0.309 e. The Balaban J connectivity index is 0.831. The van der Waals surface area contributed by atoms with Crippen LogP contribution in [0.5, 0.6) is 0 Å². The number of hydrogen-bond acceptors (Lipinski definition) is 5. The SMILES string of the molecule is c1ccc(-n2c3ccccc3c3c4c5cc(-c6cccc(-c7ncnc(-c8ccc(-n9c%10ccccc%10c%10c%11c(ccc%109)sc9ccccc9%11)nc8)n7)c6)ccc5n(-c5ccccc5)c4ccc32)cc1. The molecule has 0 N–H and O–H groups in total. The van der Waals surface area contributed by atoms with Gasteiger partial charge in [-0.1, -0.05) is 115 Å². The lowest BCUT2D eigenvalue weighted by Crippen LogP contribution is -1.99. The smallest absolute Gasteiger partial charge is 0.164 e. The zero-order valence-corrected chi connectivity index (χ0v) is 38.2. The van der Waals surface area contributed by atoms with Crippen molar-refractivity contribution in [3.05, 3.63) is 225 Å². The molecule has 326 valence electrons. The molecule has 0 atom stereocenters. The molecule has 0 saturated carbocycles. The Morgan fingerprint density at radius 2 is 0.843 bits per heavy atom. The Hall–Kier alpha value is -9.24. The van der Waals surface area contributed by atoms with Crippen molar-refractivity contribution in [2.24, 2.45) is 0 Å². The molecular formula is C62H37N7S. The van der Waals surface area contributed by atoms with E-state index in [1.54, 1.807) is 6.33 Å². The van der Waals surface area contributed by atoms with Crippen LogP contribution < -0.4 is 0 Å². The number of hydrogen-bond donors (Lipinski definition) is 0. The monoisotopic (exact) mass is 911 g/mol. The number of fused-ring (bicyclic) bond motifs is 14. The lowest BCUT2D eigenvalue weighted by Gasteiger charge is -2.09. The van der Waals surface area contributed by atoms with Crippen molar-refractivity contribution in [1.29, 1.82) is 0 Å². The van der Waals surface area contributed by atoms with E-state index < -0.39 is 0 Å². The summed E-state index contributed by atoms with van der Waals surface area (Å²) in [6, 6.07) is 76.0. The van der Waals surface area contributed by atoms with E-state index in [-0.39, 0.29) is 0 Å². The molecule has 0 aliphatic heterocycles. The van der Waals surface area contributed by atoms with Crippen molar-refractivity contribution in [3.8, 4) is 51.1 Å². The van der Waals surface area contributed by atoms with Gasteiger partial charge in [0.05, 0.1) is 33.1 Å². The first-order valence-electron chi connectivity index (χ1n) is 23.4. The Bertz CT molecular complexity index is 4580. The molecule has 7 nitrogen and oxygen atoms in total. The van der Waals surface area contributed by atoms with Crippen molar-refractivity contribution in [2.75, 3.05) is 0 Å². The average Bonchev–Trinajstić information content (AvgIpc) is 4.17. The second-order valence-electron chi connectivity index (χ2n) is 17.8. The summed E-state index contributed by atoms with van der Waals surface area (Å²) in [6.45, 7) is 0. The van der Waals surface area contributed by atoms with Gasteiger partial charge in [-0.2, -0.15) is 0 Å². The van der Waals surface area contributed by atoms with Gasteiger partial charge in [0.1, 0.15) is 12.1 Å². The van der Waals surface area contributed by atoms with E-state index in [1.165, 1.54) is 69.0 Å². The number of pyridine rings is 1. The van der Waals surface area contributed by atoms with Crippen LogP contribution in [-0.4, -0.2) is 33.6 Å². The standard InChI is InChI=1S/C62H37N7S/c1-3-16-42(17-4-1)67-48-23-10-7-20-44(48)57-51(67)29-30-52-59(57)47-35-39(26-28-50(47)68(52)43-18-5-2-6-19-43)38-14-13-15-40(34-38)61-64-37-65-62(66-61)41-27-33-56(63-36-41)69-49-24-11-8-21-45(49)58-53(69)31-32-55-60(58)46-22-9-12-25-54(46)70-55/h1-37H. The molecule has 6 aromatic heterocycles. The van der Waals surface area contributed by atoms with Gasteiger partial charge >= 0.3 is 0 Å². The summed E-state index contributed by atoms with van der Waals surface area (Å²) in [6.07, 6.45) is 3.47. The highest BCUT2D eigenvalue weighted by Crippen LogP contribution is 2.45. The second-order valence-corrected chi connectivity index (χ2v) is 18.9. The predicted octanol–water partition coefficient (Wildman–Crippen LogP) is 15.9. The minimum atomic E-state index is 0.567. The second kappa shape index (κ2) is 15.1. The molecule has 0 aliphatic rings. The molecule has 15 rings (SSSR count). The van der Waals surface area contributed by atoms with Gasteiger partial charge < -0.3 is 9.13 Å². The summed E-state index contributed by atoms with van der Waals surface area (Å²) >= 11 is 1.84. The molecule has 0 fully saturated rings. The first-order chi connectivity index (χ1) is 34.7. The van der Waals surface area contributed by atoms with Gasteiger partial charge in [-0.3, -0.25) is 4.57 Å². The number of thiophene rings is 1. The zero-order valence-electron chi connectivity index (χ0n) is 37.4. The fraction of sp³-hybridized carbons (Fsp3) is 0. The molecule has 15 aromatic rings. The summed E-state index contributed by atoms with van der Waals surface area (Å²) in [5.74, 6) is 2.00. The third-order valence-corrected chi connectivity index (χ3v) is 15.2. The van der Waals surface area contributed by atoms with Crippen molar-refractivity contribution in [1.82, 2.24) is 33.6 Å². The fourth-order valence-corrected chi connectivity index (χ4v) is 12.2. The summed E-state index contributed by atoms with van der Waals surface area (Å²) in [4.78, 5) is 19.5. The molecule has 0 spiro atoms. The highest BCUT2D eigenvalue weighted by atomic mass is 32.1. The van der Waals surface area contributed by atoms with Gasteiger partial charge in [0.2, 0.25) is 0 Å². The molecule has 6 heterocycles. The van der Waals surface area contributed by atoms with Crippen LogP contribution in [0.15, 0.2) is 225 Å². The minimum absolute atomic E-state index is 0.567. The maximum absolute atomic E-state index is 5.07. The average molecular weight is 912 g/mol. The van der Waals surface area contributed by atoms with Crippen molar-refractivity contribution in [2.45, 2.75) is 0 Å². The van der Waals surface area contributed by atoms with Gasteiger partial charge in [-0.15, -0.1) is 11.3 Å². The Labute approximate surface area is 404 Å². The quantitative estimate of drug-likeness (QED) is 0.167. The van der Waals surface area contributed by atoms with Crippen LogP contribution in [0.4, 0.5) is 0 Å². The highest BCUT2D eigenvalue weighted by molar-refractivity contribution is 7.26. The summed E-state index contributed by atoms with van der Waals surface area (Å²) in [5.41, 5.74) is 13.1. The van der Waals surface area contributed by atoms with Crippen LogP contribution in [0.1, 0.15) is 0 Å². The Kier molecular flexibility index (Phi) is 8.39. The van der Waals surface area contributed by atoms with E-state index in [1.807, 2.05) is 17.5 Å². The van der Waals surface area contributed by atoms with Crippen molar-refractivity contribution in [3.63, 3.8) is 0 Å². The van der Waals surface area contributed by atoms with Gasteiger partial charge in [0.15, 0.2) is 11.6 Å². The molecule has 70 heavy (non-hydrogen) atoms. The van der Waals surface area contributed by atoms with E-state index in [9.17, 15) is 0 Å². The lowest BCUT2D eigenvalue weighted by atomic mass is 9.99. The van der Waals surface area contributed by atoms with Crippen LogP contribution in [0.25, 0.3) is 137 Å². The van der Waals surface area contributed by atoms with Crippen molar-refractivity contribution < 1.29 is 0 Å². The van der Waals surface area contributed by atoms with Crippen LogP contribution in [0, 0.1) is 0 Å². The number of nitrogens with zero attached hydrogens (tertiary/aromatic N) is 7. The summed E-state index contributed by atoms with van der Waals surface area (Å²) in [7, 11) is 0. The van der Waals surface area contributed by atoms with Gasteiger partial charge in [0, 0.05) is 81.2 Å². The van der Waals surface area contributed by atoms with Crippen LogP contribution in [-0.2, 0) is 0 Å². The molecule has 0 bridgehead atoms. The van der Waals surface area contributed by atoms with E-state index >= 15 is 0 Å². The fourth-order valence-electron chi connectivity index (χ4n) is 11.0. The van der Waals surface area contributed by atoms with E-state index in [4.69, 9.17) is 15.0 Å². The molecule has 0 aliphatic carbocycles. The number of para-hydroxylation sites is 4. The maximum Gasteiger partial charge on any atom is 0.164 e. The van der Waals surface area contributed by atoms with E-state index in [0.29, 0.717) is 11.6 Å². The van der Waals surface area contributed by atoms with Crippen LogP contribution in [0.2, 0.25) is 0 Å². The third kappa shape index (κ3) is 5.74. The highest BCUT2D eigenvalue weighted by Gasteiger charge is 2.22. The molecule has 0 unspecified atom stereocenters. The Morgan fingerprint density at radius 3 is 1.56 bits per heavy atom. The topological polar surface area (TPSA) is 66.3 Å². The molecule has 0 amide bonds. The normalized spacial score (nSPS) is 12.0. The van der Waals surface area contributed by atoms with E-state index in [2.05, 4.69) is 231 Å². The van der Waals surface area contributed by atoms with Crippen LogP contribution >= 0.6 is 11.3 Å². The lowest BCUT2D eigenvalue weighted by molar-refractivity contribution is 1.05. The maximum atomic E-state index is 5.07. The summed E-state index contributed by atoms with van der Waals surface area (Å²) < 4.78 is 9.65. The molecule has 8 heteroatoms.